The van der Waals surface area contributed by atoms with E-state index in [1.165, 1.54) is 6.07 Å². The highest BCUT2D eigenvalue weighted by atomic mass is 32.2. The summed E-state index contributed by atoms with van der Waals surface area (Å²) in [7, 11) is 0. The van der Waals surface area contributed by atoms with Gasteiger partial charge in [-0.2, -0.15) is 0 Å². The number of amides is 1. The maximum Gasteiger partial charge on any atom is 0.256 e. The zero-order valence-electron chi connectivity index (χ0n) is 11.7. The number of rotatable bonds is 3. The number of carbonyl (C=O) groups excluding carboxylic acids is 1. The van der Waals surface area contributed by atoms with Gasteiger partial charge in [0.1, 0.15) is 5.82 Å². The van der Waals surface area contributed by atoms with E-state index >= 15 is 0 Å². The van der Waals surface area contributed by atoms with Crippen molar-refractivity contribution in [1.29, 1.82) is 0 Å². The molecule has 0 atom stereocenters. The zero-order valence-corrected chi connectivity index (χ0v) is 12.5. The summed E-state index contributed by atoms with van der Waals surface area (Å²) in [5, 5.41) is 2.64. The van der Waals surface area contributed by atoms with Gasteiger partial charge in [0.25, 0.3) is 5.91 Å². The first-order valence-corrected chi connectivity index (χ1v) is 7.46. The van der Waals surface area contributed by atoms with Crippen molar-refractivity contribution in [3.63, 3.8) is 0 Å². The van der Waals surface area contributed by atoms with Crippen LogP contribution in [0.25, 0.3) is 0 Å². The van der Waals surface area contributed by atoms with E-state index < -0.39 is 5.82 Å². The highest BCUT2D eigenvalue weighted by Crippen LogP contribution is 2.21. The van der Waals surface area contributed by atoms with E-state index in [1.54, 1.807) is 23.9 Å². The lowest BCUT2D eigenvalue weighted by Gasteiger charge is -2.10. The van der Waals surface area contributed by atoms with Crippen LogP contribution in [0.3, 0.4) is 0 Å². The van der Waals surface area contributed by atoms with Crippen LogP contribution in [0.4, 0.5) is 10.1 Å². The van der Waals surface area contributed by atoms with Crippen molar-refractivity contribution in [2.45, 2.75) is 18.7 Å². The van der Waals surface area contributed by atoms with Gasteiger partial charge in [-0.25, -0.2) is 4.39 Å². The molecule has 2 nitrogen and oxygen atoms in total. The Hall–Kier alpha value is -1.81. The van der Waals surface area contributed by atoms with Gasteiger partial charge in [0.15, 0.2) is 0 Å². The van der Waals surface area contributed by atoms with Gasteiger partial charge in [-0.3, -0.25) is 4.79 Å². The van der Waals surface area contributed by atoms with Crippen molar-refractivity contribution in [2.24, 2.45) is 0 Å². The van der Waals surface area contributed by atoms with Gasteiger partial charge in [0, 0.05) is 10.5 Å². The number of aryl methyl sites for hydroxylation is 2. The van der Waals surface area contributed by atoms with E-state index in [9.17, 15) is 9.18 Å². The third-order valence-electron chi connectivity index (χ3n) is 3.06. The van der Waals surface area contributed by atoms with Crippen molar-refractivity contribution < 1.29 is 9.18 Å². The Balaban J connectivity index is 2.30. The van der Waals surface area contributed by atoms with Gasteiger partial charge >= 0.3 is 0 Å². The molecular formula is C16H16FNOS. The molecule has 0 aliphatic carbocycles. The maximum absolute atomic E-state index is 13.7. The monoisotopic (exact) mass is 289 g/mol. The second kappa shape index (κ2) is 6.09. The largest absolute Gasteiger partial charge is 0.319 e. The molecule has 0 fully saturated rings. The summed E-state index contributed by atoms with van der Waals surface area (Å²) in [6.45, 7) is 3.72. The topological polar surface area (TPSA) is 29.1 Å². The van der Waals surface area contributed by atoms with Gasteiger partial charge in [-0.15, -0.1) is 11.8 Å². The molecule has 0 heterocycles. The number of nitrogens with one attached hydrogen (secondary N) is 1. The van der Waals surface area contributed by atoms with Crippen molar-refractivity contribution in [3.8, 4) is 0 Å². The fraction of sp³-hybridized carbons (Fsp3) is 0.188. The number of hydrogen-bond acceptors (Lipinski definition) is 2. The third-order valence-corrected chi connectivity index (χ3v) is 3.78. The van der Waals surface area contributed by atoms with Crippen LogP contribution >= 0.6 is 11.8 Å². The number of anilines is 1. The molecule has 0 aromatic heterocycles. The van der Waals surface area contributed by atoms with Crippen molar-refractivity contribution in [1.82, 2.24) is 0 Å². The second-order valence-corrected chi connectivity index (χ2v) is 5.50. The first-order chi connectivity index (χ1) is 9.51. The molecule has 4 heteroatoms. The molecular weight excluding hydrogens is 273 g/mol. The maximum atomic E-state index is 13.7. The molecule has 0 bridgehead atoms. The SMILES string of the molecule is CSc1ccc(C)c(C(=O)Nc2cc(C)ccc2F)c1. The fourth-order valence-corrected chi connectivity index (χ4v) is 2.34. The average molecular weight is 289 g/mol. The minimum Gasteiger partial charge on any atom is -0.319 e. The Morgan fingerprint density at radius 1 is 1.15 bits per heavy atom. The minimum atomic E-state index is -0.428. The Morgan fingerprint density at radius 2 is 1.90 bits per heavy atom. The molecule has 0 spiro atoms. The predicted molar refractivity (Wildman–Crippen MR) is 82.1 cm³/mol. The predicted octanol–water partition coefficient (Wildman–Crippen LogP) is 4.42. The van der Waals surface area contributed by atoms with E-state index in [0.717, 1.165) is 16.0 Å². The normalized spacial score (nSPS) is 10.4. The summed E-state index contributed by atoms with van der Waals surface area (Å²) in [6.07, 6.45) is 1.95. The van der Waals surface area contributed by atoms with E-state index in [4.69, 9.17) is 0 Å². The minimum absolute atomic E-state index is 0.212. The van der Waals surface area contributed by atoms with Crippen molar-refractivity contribution >= 4 is 23.4 Å². The number of carbonyl (C=O) groups is 1. The summed E-state index contributed by atoms with van der Waals surface area (Å²) < 4.78 is 13.7. The van der Waals surface area contributed by atoms with Crippen LogP contribution in [0.1, 0.15) is 21.5 Å². The standard InChI is InChI=1S/C16H16FNOS/c1-10-4-7-14(17)15(8-10)18-16(19)13-9-12(20-3)6-5-11(13)2/h4-9H,1-3H3,(H,18,19). The van der Waals surface area contributed by atoms with Crippen LogP contribution in [0.2, 0.25) is 0 Å². The summed E-state index contributed by atoms with van der Waals surface area (Å²) >= 11 is 1.57. The lowest BCUT2D eigenvalue weighted by Crippen LogP contribution is -2.14. The number of thioether (sulfide) groups is 1. The molecule has 0 unspecified atom stereocenters. The number of hydrogen-bond donors (Lipinski definition) is 1. The molecule has 104 valence electrons. The van der Waals surface area contributed by atoms with Crippen LogP contribution in [0, 0.1) is 19.7 Å². The van der Waals surface area contributed by atoms with Gasteiger partial charge in [-0.1, -0.05) is 12.1 Å². The van der Waals surface area contributed by atoms with E-state index in [-0.39, 0.29) is 11.6 Å². The van der Waals surface area contributed by atoms with Crippen LogP contribution in [-0.2, 0) is 0 Å². The van der Waals surface area contributed by atoms with Gasteiger partial charge in [0.05, 0.1) is 5.69 Å². The molecule has 0 aliphatic heterocycles. The summed E-state index contributed by atoms with van der Waals surface area (Å²) in [4.78, 5) is 13.3. The number of halogens is 1. The fourth-order valence-electron chi connectivity index (χ4n) is 1.90. The molecule has 0 radical (unpaired) electrons. The average Bonchev–Trinajstić information content (AvgIpc) is 2.43. The van der Waals surface area contributed by atoms with Crippen LogP contribution in [0.5, 0.6) is 0 Å². The Bertz CT molecular complexity index is 655. The zero-order chi connectivity index (χ0) is 14.7. The van der Waals surface area contributed by atoms with Crippen molar-refractivity contribution in [2.75, 3.05) is 11.6 Å². The van der Waals surface area contributed by atoms with E-state index in [0.29, 0.717) is 5.56 Å². The highest BCUT2D eigenvalue weighted by molar-refractivity contribution is 7.98. The smallest absolute Gasteiger partial charge is 0.256 e. The van der Waals surface area contributed by atoms with Gasteiger partial charge in [-0.05, 0) is 55.5 Å². The lowest BCUT2D eigenvalue weighted by atomic mass is 10.1. The highest BCUT2D eigenvalue weighted by Gasteiger charge is 2.12. The molecule has 1 amide bonds. The first kappa shape index (κ1) is 14.6. The molecule has 20 heavy (non-hydrogen) atoms. The molecule has 2 aromatic rings. The van der Waals surface area contributed by atoms with E-state index in [1.807, 2.05) is 38.3 Å². The van der Waals surface area contributed by atoms with E-state index in [2.05, 4.69) is 5.32 Å². The third kappa shape index (κ3) is 3.20. The van der Waals surface area contributed by atoms with Crippen LogP contribution in [0.15, 0.2) is 41.3 Å². The molecule has 0 saturated carbocycles. The Morgan fingerprint density at radius 3 is 2.60 bits per heavy atom. The summed E-state index contributed by atoms with van der Waals surface area (Å²) in [5.41, 5.74) is 2.55. The molecule has 2 aromatic carbocycles. The Labute approximate surface area is 122 Å². The second-order valence-electron chi connectivity index (χ2n) is 4.62. The van der Waals surface area contributed by atoms with Crippen LogP contribution in [-0.4, -0.2) is 12.2 Å². The molecule has 0 aliphatic rings. The van der Waals surface area contributed by atoms with Crippen LogP contribution < -0.4 is 5.32 Å². The number of benzene rings is 2. The first-order valence-electron chi connectivity index (χ1n) is 6.23. The van der Waals surface area contributed by atoms with Gasteiger partial charge in [0.2, 0.25) is 0 Å². The summed E-state index contributed by atoms with van der Waals surface area (Å²) in [5.74, 6) is -0.717. The quantitative estimate of drug-likeness (QED) is 0.848. The lowest BCUT2D eigenvalue weighted by molar-refractivity contribution is 0.102. The molecule has 2 rings (SSSR count). The molecule has 0 saturated heterocycles. The molecule has 1 N–H and O–H groups in total. The van der Waals surface area contributed by atoms with Crippen molar-refractivity contribution in [3.05, 3.63) is 58.9 Å². The van der Waals surface area contributed by atoms with Gasteiger partial charge < -0.3 is 5.32 Å². The summed E-state index contributed by atoms with van der Waals surface area (Å²) in [6, 6.07) is 10.3. The Kier molecular flexibility index (Phi) is 4.45.